The molecule has 0 spiro atoms. The van der Waals surface area contributed by atoms with Crippen molar-refractivity contribution >= 4 is 22.7 Å². The molecule has 1 aromatic heterocycles. The molecule has 0 saturated heterocycles. The minimum atomic E-state index is -0.898. The second-order valence-corrected chi connectivity index (χ2v) is 7.72. The van der Waals surface area contributed by atoms with Crippen LogP contribution in [0.5, 0.6) is 0 Å². The van der Waals surface area contributed by atoms with E-state index < -0.39 is 12.1 Å². The van der Waals surface area contributed by atoms with Gasteiger partial charge in [0, 0.05) is 16.5 Å². The highest BCUT2D eigenvalue weighted by molar-refractivity contribution is 6.06. The van der Waals surface area contributed by atoms with E-state index in [0.29, 0.717) is 27.7 Å². The molecule has 4 aromatic rings. The van der Waals surface area contributed by atoms with Crippen LogP contribution in [0.2, 0.25) is 0 Å². The number of hydrogen-bond acceptors (Lipinski definition) is 4. The summed E-state index contributed by atoms with van der Waals surface area (Å²) in [5, 5.41) is 0.693. The van der Waals surface area contributed by atoms with Crippen LogP contribution in [0.4, 0.5) is 0 Å². The lowest BCUT2D eigenvalue weighted by Crippen LogP contribution is -2.24. The van der Waals surface area contributed by atoms with Crippen LogP contribution in [0.3, 0.4) is 0 Å². The molecule has 31 heavy (non-hydrogen) atoms. The number of Topliss-reactive ketones (excluding diaryl/α,β-unsaturated/α-hetero) is 1. The van der Waals surface area contributed by atoms with Crippen molar-refractivity contribution in [2.75, 3.05) is 0 Å². The first-order valence-electron chi connectivity index (χ1n) is 10.2. The van der Waals surface area contributed by atoms with E-state index in [-0.39, 0.29) is 5.78 Å². The highest BCUT2D eigenvalue weighted by Crippen LogP contribution is 2.26. The number of pyridine rings is 1. The summed E-state index contributed by atoms with van der Waals surface area (Å²) in [6.45, 7) is 5.58. The van der Waals surface area contributed by atoms with Crippen molar-refractivity contribution in [3.8, 4) is 11.3 Å². The summed E-state index contributed by atoms with van der Waals surface area (Å²) in [4.78, 5) is 30.5. The van der Waals surface area contributed by atoms with Crippen molar-refractivity contribution in [3.05, 3.63) is 101 Å². The Balaban J connectivity index is 1.67. The Labute approximate surface area is 181 Å². The molecular weight excluding hydrogens is 386 g/mol. The average molecular weight is 409 g/mol. The monoisotopic (exact) mass is 409 g/mol. The van der Waals surface area contributed by atoms with Crippen molar-refractivity contribution in [2.24, 2.45) is 0 Å². The van der Waals surface area contributed by atoms with Gasteiger partial charge >= 0.3 is 5.97 Å². The summed E-state index contributed by atoms with van der Waals surface area (Å²) in [6.07, 6.45) is -0.898. The molecule has 0 unspecified atom stereocenters. The van der Waals surface area contributed by atoms with Gasteiger partial charge in [0.05, 0.1) is 16.8 Å². The molecule has 0 bridgehead atoms. The quantitative estimate of drug-likeness (QED) is 0.302. The first-order valence-corrected chi connectivity index (χ1v) is 10.2. The lowest BCUT2D eigenvalue weighted by Gasteiger charge is -2.14. The van der Waals surface area contributed by atoms with E-state index in [2.05, 4.69) is 0 Å². The predicted octanol–water partition coefficient (Wildman–Crippen LogP) is 5.95. The number of para-hydroxylation sites is 1. The minimum Gasteiger partial charge on any atom is -0.451 e. The molecule has 4 heteroatoms. The fraction of sp³-hybridized carbons (Fsp3) is 0.148. The molecule has 0 fully saturated rings. The number of ketones is 1. The van der Waals surface area contributed by atoms with Gasteiger partial charge in [-0.2, -0.15) is 0 Å². The van der Waals surface area contributed by atoms with E-state index in [0.717, 1.165) is 16.7 Å². The summed E-state index contributed by atoms with van der Waals surface area (Å²) in [6, 6.07) is 24.4. The van der Waals surface area contributed by atoms with Crippen LogP contribution >= 0.6 is 0 Å². The summed E-state index contributed by atoms with van der Waals surface area (Å²) >= 11 is 0. The number of ether oxygens (including phenoxy) is 1. The van der Waals surface area contributed by atoms with Crippen molar-refractivity contribution in [1.29, 1.82) is 0 Å². The molecule has 0 aliphatic carbocycles. The van der Waals surface area contributed by atoms with E-state index in [1.807, 2.05) is 74.5 Å². The Bertz CT molecular complexity index is 1260. The summed E-state index contributed by atoms with van der Waals surface area (Å²) in [5.41, 5.74) is 5.42. The van der Waals surface area contributed by atoms with Gasteiger partial charge in [-0.05, 0) is 32.9 Å². The number of aromatic nitrogens is 1. The third kappa shape index (κ3) is 4.38. The van der Waals surface area contributed by atoms with Crippen LogP contribution in [-0.4, -0.2) is 22.8 Å². The lowest BCUT2D eigenvalue weighted by molar-refractivity contribution is 0.0320. The van der Waals surface area contributed by atoms with Crippen molar-refractivity contribution in [1.82, 2.24) is 4.98 Å². The van der Waals surface area contributed by atoms with Crippen molar-refractivity contribution < 1.29 is 14.3 Å². The smallest absolute Gasteiger partial charge is 0.339 e. The average Bonchev–Trinajstić information content (AvgIpc) is 2.78. The maximum absolute atomic E-state index is 13.1. The molecular formula is C27H23NO3. The third-order valence-corrected chi connectivity index (χ3v) is 5.27. The molecule has 154 valence electrons. The maximum atomic E-state index is 13.1. The predicted molar refractivity (Wildman–Crippen MR) is 122 cm³/mol. The van der Waals surface area contributed by atoms with Crippen LogP contribution in [0.15, 0.2) is 78.9 Å². The number of nitrogens with zero attached hydrogens (tertiary/aromatic N) is 1. The first kappa shape index (κ1) is 20.5. The van der Waals surface area contributed by atoms with Gasteiger partial charge in [-0.15, -0.1) is 0 Å². The number of rotatable bonds is 5. The van der Waals surface area contributed by atoms with Crippen molar-refractivity contribution in [3.63, 3.8) is 0 Å². The van der Waals surface area contributed by atoms with Crippen LogP contribution in [-0.2, 0) is 4.74 Å². The number of carbonyl (C=O) groups excluding carboxylic acids is 2. The number of carbonyl (C=O) groups is 2. The van der Waals surface area contributed by atoms with Gasteiger partial charge in [-0.3, -0.25) is 4.79 Å². The fourth-order valence-electron chi connectivity index (χ4n) is 3.45. The fourth-order valence-corrected chi connectivity index (χ4v) is 3.45. The van der Waals surface area contributed by atoms with Gasteiger partial charge in [0.2, 0.25) is 5.78 Å². The zero-order valence-corrected chi connectivity index (χ0v) is 17.8. The zero-order valence-electron chi connectivity index (χ0n) is 17.8. The molecule has 0 aliphatic heterocycles. The molecule has 3 aromatic carbocycles. The Hall–Kier alpha value is -3.79. The molecule has 0 amide bonds. The summed E-state index contributed by atoms with van der Waals surface area (Å²) in [7, 11) is 0. The zero-order chi connectivity index (χ0) is 22.0. The van der Waals surface area contributed by atoms with E-state index in [1.54, 1.807) is 25.1 Å². The molecule has 0 saturated carbocycles. The number of hydrogen-bond donors (Lipinski definition) is 0. The number of aryl methyl sites for hydroxylation is 2. The standard InChI is InChI=1S/C27H23NO3/c1-17-8-12-20(13-9-17)25-16-23(22-6-4-5-7-24(22)28-25)27(30)31-19(3)26(29)21-14-10-18(2)11-15-21/h4-16,19H,1-3H3/t19-/m1/s1. The molecule has 4 rings (SSSR count). The van der Waals surface area contributed by atoms with E-state index in [1.165, 1.54) is 0 Å². The molecule has 0 aliphatic rings. The van der Waals surface area contributed by atoms with Gasteiger partial charge in [0.25, 0.3) is 0 Å². The van der Waals surface area contributed by atoms with E-state index in [4.69, 9.17) is 9.72 Å². The Morgan fingerprint density at radius 1 is 0.839 bits per heavy atom. The number of esters is 1. The Morgan fingerprint density at radius 2 is 1.45 bits per heavy atom. The van der Waals surface area contributed by atoms with Crippen LogP contribution in [0, 0.1) is 13.8 Å². The second kappa shape index (κ2) is 8.52. The topological polar surface area (TPSA) is 56.3 Å². The van der Waals surface area contributed by atoms with Crippen LogP contribution < -0.4 is 0 Å². The number of fused-ring (bicyclic) bond motifs is 1. The maximum Gasteiger partial charge on any atom is 0.339 e. The molecule has 1 heterocycles. The second-order valence-electron chi connectivity index (χ2n) is 7.72. The highest BCUT2D eigenvalue weighted by atomic mass is 16.5. The normalized spacial score (nSPS) is 11.8. The highest BCUT2D eigenvalue weighted by Gasteiger charge is 2.22. The Morgan fingerprint density at radius 3 is 2.13 bits per heavy atom. The Kier molecular flexibility index (Phi) is 5.63. The minimum absolute atomic E-state index is 0.231. The third-order valence-electron chi connectivity index (χ3n) is 5.27. The van der Waals surface area contributed by atoms with Gasteiger partial charge in [-0.25, -0.2) is 9.78 Å². The van der Waals surface area contributed by atoms with Crippen LogP contribution in [0.25, 0.3) is 22.2 Å². The molecule has 0 radical (unpaired) electrons. The first-order chi connectivity index (χ1) is 14.9. The lowest BCUT2D eigenvalue weighted by atomic mass is 10.0. The van der Waals surface area contributed by atoms with Gasteiger partial charge in [-0.1, -0.05) is 77.9 Å². The molecule has 4 nitrogen and oxygen atoms in total. The van der Waals surface area contributed by atoms with Gasteiger partial charge in [0.1, 0.15) is 0 Å². The molecule has 1 atom stereocenters. The SMILES string of the molecule is Cc1ccc(C(=O)[C@@H](C)OC(=O)c2cc(-c3ccc(C)cc3)nc3ccccc23)cc1. The molecule has 0 N–H and O–H groups in total. The summed E-state index contributed by atoms with van der Waals surface area (Å²) in [5.74, 6) is -0.773. The summed E-state index contributed by atoms with van der Waals surface area (Å²) < 4.78 is 5.58. The van der Waals surface area contributed by atoms with E-state index >= 15 is 0 Å². The van der Waals surface area contributed by atoms with Crippen molar-refractivity contribution in [2.45, 2.75) is 26.9 Å². The van der Waals surface area contributed by atoms with E-state index in [9.17, 15) is 9.59 Å². The van der Waals surface area contributed by atoms with Crippen LogP contribution in [0.1, 0.15) is 38.8 Å². The largest absolute Gasteiger partial charge is 0.451 e. The van der Waals surface area contributed by atoms with Gasteiger partial charge in [0.15, 0.2) is 6.10 Å². The number of benzene rings is 3. The van der Waals surface area contributed by atoms with Gasteiger partial charge < -0.3 is 4.74 Å².